The summed E-state index contributed by atoms with van der Waals surface area (Å²) < 4.78 is 27.2. The monoisotopic (exact) mass is 395 g/mol. The minimum absolute atomic E-state index is 0. The van der Waals surface area contributed by atoms with E-state index in [1.807, 2.05) is 17.5 Å². The molecule has 0 saturated carbocycles. The van der Waals surface area contributed by atoms with Gasteiger partial charge in [-0.2, -0.15) is 0 Å². The second-order valence-corrected chi connectivity index (χ2v) is 8.06. The highest BCUT2D eigenvalue weighted by Crippen LogP contribution is 2.22. The zero-order chi connectivity index (χ0) is 16.0. The smallest absolute Gasteiger partial charge is 0.262 e. The van der Waals surface area contributed by atoms with Crippen molar-refractivity contribution < 1.29 is 13.2 Å². The van der Waals surface area contributed by atoms with Crippen molar-refractivity contribution in [2.24, 2.45) is 0 Å². The summed E-state index contributed by atoms with van der Waals surface area (Å²) in [5.41, 5.74) is 0. The second kappa shape index (κ2) is 9.36. The molecule has 10 heteroatoms. The van der Waals surface area contributed by atoms with E-state index in [0.717, 1.165) is 16.2 Å². The Labute approximate surface area is 149 Å². The van der Waals surface area contributed by atoms with E-state index >= 15 is 0 Å². The molecule has 0 atom stereocenters. The highest BCUT2D eigenvalue weighted by molar-refractivity contribution is 7.89. The summed E-state index contributed by atoms with van der Waals surface area (Å²) in [5, 5.41) is 9.08. The predicted molar refractivity (Wildman–Crippen MR) is 96.2 cm³/mol. The van der Waals surface area contributed by atoms with Gasteiger partial charge in [0.15, 0.2) is 0 Å². The van der Waals surface area contributed by atoms with E-state index in [1.54, 1.807) is 12.4 Å². The van der Waals surface area contributed by atoms with Crippen LogP contribution in [0.15, 0.2) is 33.9 Å². The van der Waals surface area contributed by atoms with Gasteiger partial charge in [-0.25, -0.2) is 13.1 Å². The van der Waals surface area contributed by atoms with Crippen LogP contribution in [0.3, 0.4) is 0 Å². The number of sulfonamides is 1. The molecule has 6 nitrogen and oxygen atoms in total. The van der Waals surface area contributed by atoms with Crippen molar-refractivity contribution in [3.05, 3.63) is 38.7 Å². The molecular weight excluding hydrogens is 378 g/mol. The van der Waals surface area contributed by atoms with E-state index in [9.17, 15) is 13.2 Å². The molecule has 2 aromatic rings. The fraction of sp³-hybridized carbons (Fsp3) is 0.308. The number of carbonyl (C=O) groups is 1. The summed E-state index contributed by atoms with van der Waals surface area (Å²) in [6.45, 7) is 1.28. The van der Waals surface area contributed by atoms with Crippen LogP contribution in [0.5, 0.6) is 0 Å². The predicted octanol–water partition coefficient (Wildman–Crippen LogP) is 1.66. The number of rotatable bonds is 8. The van der Waals surface area contributed by atoms with Crippen molar-refractivity contribution in [2.75, 3.05) is 20.1 Å². The lowest BCUT2D eigenvalue weighted by atomic mass is 10.4. The summed E-state index contributed by atoms with van der Waals surface area (Å²) in [5.74, 6) is -0.373. The fourth-order valence-electron chi connectivity index (χ4n) is 1.71. The average Bonchev–Trinajstić information content (AvgIpc) is 3.17. The molecule has 0 fully saturated rings. The summed E-state index contributed by atoms with van der Waals surface area (Å²) in [4.78, 5) is 13.2. The van der Waals surface area contributed by atoms with Crippen molar-refractivity contribution in [1.29, 1.82) is 0 Å². The number of hydrogen-bond donors (Lipinski definition) is 3. The molecule has 0 aliphatic heterocycles. The maximum absolute atomic E-state index is 12.4. The molecule has 0 aliphatic rings. The molecule has 0 saturated heterocycles. The molecule has 23 heavy (non-hydrogen) atoms. The molecule has 0 aliphatic carbocycles. The van der Waals surface area contributed by atoms with Crippen LogP contribution >= 0.6 is 35.1 Å². The number of halogens is 1. The fourth-order valence-corrected chi connectivity index (χ4v) is 4.80. The number of thiophene rings is 2. The zero-order valence-corrected chi connectivity index (χ0v) is 15.6. The van der Waals surface area contributed by atoms with Crippen LogP contribution in [0.25, 0.3) is 0 Å². The maximum atomic E-state index is 12.4. The summed E-state index contributed by atoms with van der Waals surface area (Å²) in [6.07, 6.45) is 0. The molecule has 2 heterocycles. The van der Waals surface area contributed by atoms with Crippen molar-refractivity contribution >= 4 is 51.0 Å². The first-order chi connectivity index (χ1) is 10.5. The van der Waals surface area contributed by atoms with Gasteiger partial charge in [0.05, 0.1) is 0 Å². The zero-order valence-electron chi connectivity index (χ0n) is 12.4. The molecule has 128 valence electrons. The standard InChI is InChI=1S/C13H17N3O3S3.ClH/c1-14-5-6-15-13(17)12-11(4-8-21-12)22(18,19)16-9-10-3-2-7-20-10;/h2-4,7-8,14,16H,5-6,9H2,1H3,(H,15,17);1H. The van der Waals surface area contributed by atoms with Gasteiger partial charge >= 0.3 is 0 Å². The minimum atomic E-state index is -3.71. The van der Waals surface area contributed by atoms with Gasteiger partial charge in [-0.1, -0.05) is 6.07 Å². The molecule has 0 bridgehead atoms. The van der Waals surface area contributed by atoms with Crippen LogP contribution in [0.1, 0.15) is 14.5 Å². The van der Waals surface area contributed by atoms with Gasteiger partial charge in [0.1, 0.15) is 9.77 Å². The highest BCUT2D eigenvalue weighted by Gasteiger charge is 2.23. The van der Waals surface area contributed by atoms with Crippen LogP contribution in [-0.4, -0.2) is 34.5 Å². The number of amides is 1. The molecule has 3 N–H and O–H groups in total. The lowest BCUT2D eigenvalue weighted by Crippen LogP contribution is -2.31. The van der Waals surface area contributed by atoms with Crippen LogP contribution in [0, 0.1) is 0 Å². The third-order valence-electron chi connectivity index (χ3n) is 2.80. The molecule has 0 unspecified atom stereocenters. The SMILES string of the molecule is CNCCNC(=O)c1sccc1S(=O)(=O)NCc1cccs1.Cl. The van der Waals surface area contributed by atoms with Gasteiger partial charge in [-0.05, 0) is 29.9 Å². The van der Waals surface area contributed by atoms with Crippen molar-refractivity contribution in [1.82, 2.24) is 15.4 Å². The van der Waals surface area contributed by atoms with Crippen LogP contribution in [0.4, 0.5) is 0 Å². The third-order valence-corrected chi connectivity index (χ3v) is 6.16. The molecular formula is C13H18ClN3O3S3. The second-order valence-electron chi connectivity index (χ2n) is 4.38. The first kappa shape index (κ1) is 20.1. The van der Waals surface area contributed by atoms with E-state index in [1.165, 1.54) is 17.4 Å². The van der Waals surface area contributed by atoms with Crippen molar-refractivity contribution in [3.63, 3.8) is 0 Å². The van der Waals surface area contributed by atoms with Gasteiger partial charge in [-0.15, -0.1) is 35.1 Å². The van der Waals surface area contributed by atoms with Gasteiger partial charge in [0, 0.05) is 24.5 Å². The Morgan fingerprint density at radius 3 is 2.61 bits per heavy atom. The average molecular weight is 396 g/mol. The summed E-state index contributed by atoms with van der Waals surface area (Å²) in [7, 11) is -1.93. The summed E-state index contributed by atoms with van der Waals surface area (Å²) >= 11 is 2.59. The minimum Gasteiger partial charge on any atom is -0.350 e. The van der Waals surface area contributed by atoms with Crippen LogP contribution < -0.4 is 15.4 Å². The Kier molecular flexibility index (Phi) is 8.17. The molecule has 0 radical (unpaired) electrons. The van der Waals surface area contributed by atoms with Gasteiger partial charge in [-0.3, -0.25) is 4.79 Å². The Morgan fingerprint density at radius 2 is 1.96 bits per heavy atom. The first-order valence-electron chi connectivity index (χ1n) is 6.57. The molecule has 2 aromatic heterocycles. The van der Waals surface area contributed by atoms with E-state index in [-0.39, 0.29) is 34.6 Å². The Hall–Kier alpha value is -0.970. The third kappa shape index (κ3) is 5.55. The van der Waals surface area contributed by atoms with Gasteiger partial charge in [0.2, 0.25) is 10.0 Å². The topological polar surface area (TPSA) is 87.3 Å². The van der Waals surface area contributed by atoms with E-state index in [0.29, 0.717) is 13.1 Å². The van der Waals surface area contributed by atoms with E-state index < -0.39 is 10.0 Å². The number of hydrogen-bond acceptors (Lipinski definition) is 6. The largest absolute Gasteiger partial charge is 0.350 e. The molecule has 1 amide bonds. The van der Waals surface area contributed by atoms with Crippen molar-refractivity contribution in [2.45, 2.75) is 11.4 Å². The number of likely N-dealkylation sites (N-methyl/N-ethyl adjacent to an activating group) is 1. The molecule has 0 aromatic carbocycles. The number of nitrogens with one attached hydrogen (secondary N) is 3. The van der Waals surface area contributed by atoms with Gasteiger partial charge < -0.3 is 10.6 Å². The highest BCUT2D eigenvalue weighted by atomic mass is 35.5. The van der Waals surface area contributed by atoms with Crippen LogP contribution in [0.2, 0.25) is 0 Å². The van der Waals surface area contributed by atoms with E-state index in [2.05, 4.69) is 15.4 Å². The first-order valence-corrected chi connectivity index (χ1v) is 9.81. The van der Waals surface area contributed by atoms with Gasteiger partial charge in [0.25, 0.3) is 5.91 Å². The Balaban J connectivity index is 0.00000264. The lowest BCUT2D eigenvalue weighted by Gasteiger charge is -2.08. The lowest BCUT2D eigenvalue weighted by molar-refractivity contribution is 0.0955. The normalized spacial score (nSPS) is 11.0. The summed E-state index contributed by atoms with van der Waals surface area (Å²) in [6, 6.07) is 5.17. The Bertz CT molecular complexity index is 714. The van der Waals surface area contributed by atoms with E-state index in [4.69, 9.17) is 0 Å². The maximum Gasteiger partial charge on any atom is 0.262 e. The molecule has 0 spiro atoms. The van der Waals surface area contributed by atoms with Crippen LogP contribution in [-0.2, 0) is 16.6 Å². The Morgan fingerprint density at radius 1 is 1.17 bits per heavy atom. The number of carbonyl (C=O) groups excluding carboxylic acids is 1. The quantitative estimate of drug-likeness (QED) is 0.593. The molecule has 2 rings (SSSR count). The van der Waals surface area contributed by atoms with Crippen molar-refractivity contribution in [3.8, 4) is 0 Å².